The number of aliphatic hydroxyl groups is 1. The van der Waals surface area contributed by atoms with Crippen molar-refractivity contribution in [3.05, 3.63) is 23.8 Å². The topological polar surface area (TPSA) is 90.4 Å². The highest BCUT2D eigenvalue weighted by Gasteiger charge is 2.35. The molecule has 0 aromatic heterocycles. The number of likely N-dealkylation sites (N-methyl/N-ethyl adjacent to an activating group) is 1. The van der Waals surface area contributed by atoms with E-state index in [1.807, 2.05) is 32.0 Å². The Morgan fingerprint density at radius 3 is 2.50 bits per heavy atom. The van der Waals surface area contributed by atoms with Gasteiger partial charge in [-0.2, -0.15) is 0 Å². The van der Waals surface area contributed by atoms with Gasteiger partial charge in [-0.05, 0) is 19.1 Å². The molecule has 1 amide bonds. The molecular formula is C19H31N3O5S. The minimum absolute atomic E-state index is 0.148. The number of amides is 1. The van der Waals surface area contributed by atoms with Gasteiger partial charge in [0, 0.05) is 33.6 Å². The van der Waals surface area contributed by atoms with Gasteiger partial charge in [0.25, 0.3) is 5.91 Å². The number of ether oxygens (including phenoxy) is 1. The van der Waals surface area contributed by atoms with Crippen molar-refractivity contribution >= 4 is 21.6 Å². The van der Waals surface area contributed by atoms with Crippen molar-refractivity contribution in [2.45, 2.75) is 26.0 Å². The van der Waals surface area contributed by atoms with Crippen LogP contribution in [0.3, 0.4) is 0 Å². The van der Waals surface area contributed by atoms with Crippen molar-refractivity contribution in [2.24, 2.45) is 5.92 Å². The normalized spacial score (nSPS) is 21.6. The van der Waals surface area contributed by atoms with E-state index < -0.39 is 16.1 Å². The van der Waals surface area contributed by atoms with Gasteiger partial charge in [-0.1, -0.05) is 13.0 Å². The van der Waals surface area contributed by atoms with Gasteiger partial charge in [-0.15, -0.1) is 0 Å². The Hall–Kier alpha value is -1.84. The molecule has 8 nitrogen and oxygen atoms in total. The van der Waals surface area contributed by atoms with Gasteiger partial charge in [-0.3, -0.25) is 4.79 Å². The first-order chi connectivity index (χ1) is 13.0. The fourth-order valence-corrected chi connectivity index (χ4v) is 3.60. The van der Waals surface area contributed by atoms with Gasteiger partial charge in [0.05, 0.1) is 36.7 Å². The quantitative estimate of drug-likeness (QED) is 0.744. The first kappa shape index (κ1) is 22.4. The summed E-state index contributed by atoms with van der Waals surface area (Å²) in [5, 5.41) is 9.64. The number of anilines is 1. The van der Waals surface area contributed by atoms with E-state index in [9.17, 15) is 18.3 Å². The molecule has 1 N–H and O–H groups in total. The minimum Gasteiger partial charge on any atom is -0.486 e. The van der Waals surface area contributed by atoms with Crippen molar-refractivity contribution < 1.29 is 23.1 Å². The molecule has 1 aromatic carbocycles. The number of nitrogens with zero attached hydrogens (tertiary/aromatic N) is 3. The molecule has 158 valence electrons. The van der Waals surface area contributed by atoms with E-state index in [2.05, 4.69) is 0 Å². The van der Waals surface area contributed by atoms with Crippen LogP contribution in [0.25, 0.3) is 0 Å². The average Bonchev–Trinajstić information content (AvgIpc) is 2.62. The number of rotatable bonds is 6. The molecule has 1 aliphatic heterocycles. The van der Waals surface area contributed by atoms with Crippen LogP contribution in [0.1, 0.15) is 24.2 Å². The number of hydrogen-bond donors (Lipinski definition) is 1. The van der Waals surface area contributed by atoms with Crippen LogP contribution in [-0.4, -0.2) is 87.9 Å². The summed E-state index contributed by atoms with van der Waals surface area (Å²) < 4.78 is 31.4. The third-order valence-electron chi connectivity index (χ3n) is 5.16. The minimum atomic E-state index is -3.37. The summed E-state index contributed by atoms with van der Waals surface area (Å²) in [6.07, 6.45) is 0.699. The molecule has 1 aromatic rings. The standard InChI is InChI=1S/C19H31N3O5S/c1-13-10-22(14(2)12-23)19(24)15-8-7-9-16(20(3)4)18(15)27-17(13)11-21(5)28(6,25)26/h7-9,13-14,17,23H,10-12H2,1-6H3/t13-,14+,17+/m0/s1. The SMILES string of the molecule is C[C@H](CO)N1C[C@H](C)[C@@H](CN(C)S(C)(=O)=O)Oc2c(cccc2N(C)C)C1=O. The van der Waals surface area contributed by atoms with Crippen molar-refractivity contribution in [1.82, 2.24) is 9.21 Å². The summed E-state index contributed by atoms with van der Waals surface area (Å²) in [5.74, 6) is 0.0821. The van der Waals surface area contributed by atoms with Gasteiger partial charge in [-0.25, -0.2) is 12.7 Å². The van der Waals surface area contributed by atoms with Crippen LogP contribution >= 0.6 is 0 Å². The molecule has 0 aliphatic carbocycles. The highest BCUT2D eigenvalue weighted by atomic mass is 32.2. The maximum Gasteiger partial charge on any atom is 0.258 e. The van der Waals surface area contributed by atoms with Crippen LogP contribution in [0.4, 0.5) is 5.69 Å². The average molecular weight is 414 g/mol. The van der Waals surface area contributed by atoms with E-state index in [-0.39, 0.29) is 31.0 Å². The molecule has 28 heavy (non-hydrogen) atoms. The van der Waals surface area contributed by atoms with Gasteiger partial charge in [0.15, 0.2) is 5.75 Å². The molecule has 3 atom stereocenters. The Morgan fingerprint density at radius 2 is 1.96 bits per heavy atom. The molecule has 0 bridgehead atoms. The zero-order valence-corrected chi connectivity index (χ0v) is 18.2. The number of para-hydroxylation sites is 1. The summed E-state index contributed by atoms with van der Waals surface area (Å²) in [6, 6.07) is 4.99. The predicted molar refractivity (Wildman–Crippen MR) is 109 cm³/mol. The zero-order chi connectivity index (χ0) is 21.2. The van der Waals surface area contributed by atoms with E-state index in [4.69, 9.17) is 4.74 Å². The number of fused-ring (bicyclic) bond motifs is 1. The van der Waals surface area contributed by atoms with Crippen molar-refractivity contribution in [2.75, 3.05) is 52.0 Å². The Balaban J connectivity index is 2.56. The second-order valence-electron chi connectivity index (χ2n) is 7.71. The van der Waals surface area contributed by atoms with E-state index in [1.54, 1.807) is 24.0 Å². The van der Waals surface area contributed by atoms with Crippen LogP contribution in [0.2, 0.25) is 0 Å². The molecule has 0 spiro atoms. The fraction of sp³-hybridized carbons (Fsp3) is 0.632. The molecule has 1 heterocycles. The first-order valence-electron chi connectivity index (χ1n) is 9.27. The van der Waals surface area contributed by atoms with Gasteiger partial charge in [0.2, 0.25) is 10.0 Å². The van der Waals surface area contributed by atoms with Gasteiger partial charge < -0.3 is 19.6 Å². The second-order valence-corrected chi connectivity index (χ2v) is 9.80. The lowest BCUT2D eigenvalue weighted by Crippen LogP contribution is -2.50. The van der Waals surface area contributed by atoms with Gasteiger partial charge >= 0.3 is 0 Å². The monoisotopic (exact) mass is 413 g/mol. The second kappa shape index (κ2) is 8.67. The summed E-state index contributed by atoms with van der Waals surface area (Å²) in [5.41, 5.74) is 1.15. The van der Waals surface area contributed by atoms with Crippen LogP contribution in [0.5, 0.6) is 5.75 Å². The molecule has 2 rings (SSSR count). The Labute approximate surface area is 167 Å². The summed E-state index contributed by atoms with van der Waals surface area (Å²) in [4.78, 5) is 16.7. The van der Waals surface area contributed by atoms with Crippen molar-refractivity contribution in [3.8, 4) is 5.75 Å². The number of hydrogen-bond acceptors (Lipinski definition) is 6. The lowest BCUT2D eigenvalue weighted by atomic mass is 9.99. The summed E-state index contributed by atoms with van der Waals surface area (Å²) in [6.45, 7) is 4.08. The Kier molecular flexibility index (Phi) is 6.95. The van der Waals surface area contributed by atoms with Crippen LogP contribution in [0, 0.1) is 5.92 Å². The molecule has 1 aliphatic rings. The number of aliphatic hydroxyl groups excluding tert-OH is 1. The highest BCUT2D eigenvalue weighted by molar-refractivity contribution is 7.88. The number of carbonyl (C=O) groups excluding carboxylic acids is 1. The number of carbonyl (C=O) groups is 1. The molecular weight excluding hydrogens is 382 g/mol. The smallest absolute Gasteiger partial charge is 0.258 e. The summed E-state index contributed by atoms with van der Waals surface area (Å²) >= 11 is 0. The molecule has 0 radical (unpaired) electrons. The maximum absolute atomic E-state index is 13.2. The maximum atomic E-state index is 13.2. The third-order valence-corrected chi connectivity index (χ3v) is 6.44. The van der Waals surface area contributed by atoms with Crippen LogP contribution < -0.4 is 9.64 Å². The van der Waals surface area contributed by atoms with Crippen molar-refractivity contribution in [1.29, 1.82) is 0 Å². The molecule has 0 saturated heterocycles. The molecule has 0 fully saturated rings. The molecule has 9 heteroatoms. The van der Waals surface area contributed by atoms with E-state index >= 15 is 0 Å². The number of benzene rings is 1. The highest BCUT2D eigenvalue weighted by Crippen LogP contribution is 2.36. The lowest BCUT2D eigenvalue weighted by Gasteiger charge is -2.38. The third kappa shape index (κ3) is 4.76. The lowest BCUT2D eigenvalue weighted by molar-refractivity contribution is 0.0388. The number of sulfonamides is 1. The van der Waals surface area contributed by atoms with Crippen LogP contribution in [-0.2, 0) is 10.0 Å². The largest absolute Gasteiger partial charge is 0.486 e. The fourth-order valence-electron chi connectivity index (χ4n) is 3.19. The van der Waals surface area contributed by atoms with Gasteiger partial charge in [0.1, 0.15) is 6.10 Å². The van der Waals surface area contributed by atoms with E-state index in [1.165, 1.54) is 11.4 Å². The van der Waals surface area contributed by atoms with E-state index in [0.717, 1.165) is 11.9 Å². The van der Waals surface area contributed by atoms with Crippen LogP contribution in [0.15, 0.2) is 18.2 Å². The zero-order valence-electron chi connectivity index (χ0n) is 17.4. The summed E-state index contributed by atoms with van der Waals surface area (Å²) in [7, 11) is 1.86. The first-order valence-corrected chi connectivity index (χ1v) is 11.1. The molecule has 0 unspecified atom stereocenters. The van der Waals surface area contributed by atoms with Crippen molar-refractivity contribution in [3.63, 3.8) is 0 Å². The molecule has 0 saturated carbocycles. The van der Waals surface area contributed by atoms with E-state index in [0.29, 0.717) is 17.9 Å². The Bertz CT molecular complexity index is 812. The Morgan fingerprint density at radius 1 is 1.32 bits per heavy atom. The predicted octanol–water partition coefficient (Wildman–Crippen LogP) is 0.864.